The summed E-state index contributed by atoms with van der Waals surface area (Å²) in [4.78, 5) is 48.1. The molecule has 0 aliphatic carbocycles. The zero-order valence-corrected chi connectivity index (χ0v) is 35.9. The largest absolute Gasteiger partial charge is 0.529 e. The molecule has 0 aliphatic heterocycles. The van der Waals surface area contributed by atoms with Gasteiger partial charge in [-0.3, -0.25) is 23.8 Å². The number of quaternary nitrogens is 1. The summed E-state index contributed by atoms with van der Waals surface area (Å²) < 4.78 is 17.3. The second kappa shape index (κ2) is 34.3. The van der Waals surface area contributed by atoms with Gasteiger partial charge in [0, 0.05) is 12.8 Å². The van der Waals surface area contributed by atoms with E-state index in [0.29, 0.717) is 12.8 Å². The van der Waals surface area contributed by atoms with Crippen LogP contribution < -0.4 is 0 Å². The fraction of sp³-hybridized carbons (Fsp3) is 0.930. The van der Waals surface area contributed by atoms with Crippen LogP contribution in [-0.2, 0) is 23.5 Å². The van der Waals surface area contributed by atoms with E-state index in [1.807, 2.05) is 0 Å². The Morgan fingerprint density at radius 2 is 0.811 bits per heavy atom. The number of likely N-dealkylation sites (N-methyl/N-ethyl adjacent to an activating group) is 1. The lowest BCUT2D eigenvalue weighted by Crippen LogP contribution is -2.44. The van der Waals surface area contributed by atoms with Crippen LogP contribution in [0.2, 0.25) is 0 Å². The maximum Gasteiger partial charge on any atom is 0.529 e. The molecular formula is C43H85NO8P+. The minimum absolute atomic E-state index is 0.111. The van der Waals surface area contributed by atoms with E-state index in [4.69, 9.17) is 4.52 Å². The van der Waals surface area contributed by atoms with E-state index < -0.39 is 54.7 Å². The van der Waals surface area contributed by atoms with Crippen LogP contribution in [0.25, 0.3) is 0 Å². The number of carbonyl (C=O) groups is 3. The summed E-state index contributed by atoms with van der Waals surface area (Å²) in [6.45, 7) is 3.22. The number of hydrogen-bond donors (Lipinski definition) is 3. The monoisotopic (exact) mass is 775 g/mol. The zero-order chi connectivity index (χ0) is 39.6. The Bertz CT molecular complexity index is 959. The van der Waals surface area contributed by atoms with Crippen molar-refractivity contribution in [2.24, 2.45) is 0 Å². The molecule has 0 fully saturated rings. The molecule has 0 aromatic carbocycles. The number of unbranched alkanes of at least 4 members (excludes halogenated alkanes) is 28. The molecule has 0 spiro atoms. The first-order valence-electron chi connectivity index (χ1n) is 22.1. The van der Waals surface area contributed by atoms with Crippen molar-refractivity contribution >= 4 is 25.1 Å². The van der Waals surface area contributed by atoms with Crippen molar-refractivity contribution in [3.8, 4) is 0 Å². The molecule has 0 aliphatic rings. The predicted octanol–water partition coefficient (Wildman–Crippen LogP) is 11.1. The second-order valence-electron chi connectivity index (χ2n) is 16.3. The van der Waals surface area contributed by atoms with Gasteiger partial charge in [0.2, 0.25) is 5.78 Å². The van der Waals surface area contributed by atoms with E-state index >= 15 is 0 Å². The number of carbonyl (C=O) groups excluding carboxylic acids is 3. The molecular weight excluding hydrogens is 689 g/mol. The molecule has 0 saturated carbocycles. The molecule has 9 nitrogen and oxygen atoms in total. The van der Waals surface area contributed by atoms with Crippen LogP contribution in [0.15, 0.2) is 0 Å². The Kier molecular flexibility index (Phi) is 33.7. The Labute approximate surface area is 326 Å². The number of Topliss-reactive ketones (excluding diaryl/α,β-unsaturated/α-hetero) is 3. The average molecular weight is 775 g/mol. The van der Waals surface area contributed by atoms with Crippen LogP contribution in [0.1, 0.15) is 219 Å². The van der Waals surface area contributed by atoms with Crippen LogP contribution in [-0.4, -0.2) is 76.2 Å². The topological polar surface area (TPSA) is 138 Å². The Morgan fingerprint density at radius 3 is 1.15 bits per heavy atom. The Hall–Kier alpha value is -0.960. The van der Waals surface area contributed by atoms with Gasteiger partial charge in [0.15, 0.2) is 12.3 Å². The van der Waals surface area contributed by atoms with Crippen molar-refractivity contribution in [2.45, 2.75) is 232 Å². The fourth-order valence-corrected chi connectivity index (χ4v) is 7.75. The summed E-state index contributed by atoms with van der Waals surface area (Å²) in [7, 11) is -1.93. The Morgan fingerprint density at radius 1 is 0.509 bits per heavy atom. The van der Waals surface area contributed by atoms with Gasteiger partial charge in [-0.25, -0.2) is 8.82 Å². The summed E-state index contributed by atoms with van der Waals surface area (Å²) in [6.07, 6.45) is 33.0. The van der Waals surface area contributed by atoms with E-state index in [-0.39, 0.29) is 12.8 Å². The van der Waals surface area contributed by atoms with Crippen LogP contribution >= 0.6 is 7.75 Å². The molecule has 53 heavy (non-hydrogen) atoms. The number of aliphatic hydroxyl groups excluding tert-OH is 2. The van der Waals surface area contributed by atoms with Gasteiger partial charge in [-0.1, -0.05) is 194 Å². The van der Waals surface area contributed by atoms with Crippen molar-refractivity contribution < 1.29 is 42.8 Å². The van der Waals surface area contributed by atoms with E-state index in [1.165, 1.54) is 155 Å². The van der Waals surface area contributed by atoms with Gasteiger partial charge in [-0.15, -0.1) is 0 Å². The van der Waals surface area contributed by atoms with E-state index in [2.05, 4.69) is 13.8 Å². The van der Waals surface area contributed by atoms with Crippen molar-refractivity contribution in [2.75, 3.05) is 27.2 Å². The highest BCUT2D eigenvalue weighted by atomic mass is 31.2. The number of ketones is 3. The third kappa shape index (κ3) is 29.0. The lowest BCUT2D eigenvalue weighted by Gasteiger charge is -2.31. The summed E-state index contributed by atoms with van der Waals surface area (Å²) in [5.74, 6) is -1.83. The molecule has 10 heteroatoms. The molecule has 3 N–H and O–H groups in total. The van der Waals surface area contributed by atoms with E-state index in [1.54, 1.807) is 0 Å². The molecule has 0 heterocycles. The van der Waals surface area contributed by atoms with Gasteiger partial charge in [-0.05, 0) is 12.8 Å². The standard InChI is InChI=1S/C43H84NO8P/c1-5-7-9-11-13-15-17-19-21-23-25-27-29-31-33-35-39(45)41(47)37-44(3,4)53(50,51)52-38-42(48)43(49)40(46)36-34-32-30-28-26-24-22-20-18-16-14-12-10-8-6-2/h42-43,48-49H,5-38H2,1-4H3/p+1. The zero-order valence-electron chi connectivity index (χ0n) is 35.0. The van der Waals surface area contributed by atoms with E-state index in [9.17, 15) is 34.1 Å². The number of hydrogen-bond acceptors (Lipinski definition) is 7. The first-order valence-corrected chi connectivity index (χ1v) is 23.7. The molecule has 0 bridgehead atoms. The number of rotatable bonds is 41. The molecule has 0 radical (unpaired) electrons. The van der Waals surface area contributed by atoms with Crippen molar-refractivity contribution in [1.29, 1.82) is 0 Å². The van der Waals surface area contributed by atoms with Gasteiger partial charge in [0.25, 0.3) is 5.78 Å². The lowest BCUT2D eigenvalue weighted by molar-refractivity contribution is -0.772. The maximum absolute atomic E-state index is 13.0. The van der Waals surface area contributed by atoms with Crippen LogP contribution in [0.5, 0.6) is 0 Å². The van der Waals surface area contributed by atoms with Gasteiger partial charge in [0.1, 0.15) is 12.2 Å². The molecule has 0 aromatic rings. The molecule has 3 atom stereocenters. The van der Waals surface area contributed by atoms with Gasteiger partial charge in [0.05, 0.1) is 20.7 Å². The Balaban J connectivity index is 4.06. The minimum Gasteiger partial charge on any atom is -0.388 e. The second-order valence-corrected chi connectivity index (χ2v) is 18.6. The smallest absolute Gasteiger partial charge is 0.388 e. The normalized spacial score (nSPS) is 14.2. The van der Waals surface area contributed by atoms with Crippen LogP contribution in [0.4, 0.5) is 0 Å². The summed E-state index contributed by atoms with van der Waals surface area (Å²) in [5, 5.41) is 20.6. The third-order valence-electron chi connectivity index (χ3n) is 10.7. The van der Waals surface area contributed by atoms with Crippen molar-refractivity contribution in [1.82, 2.24) is 0 Å². The molecule has 314 valence electrons. The fourth-order valence-electron chi connectivity index (χ4n) is 6.78. The summed E-state index contributed by atoms with van der Waals surface area (Å²) in [6, 6.07) is 0. The van der Waals surface area contributed by atoms with Crippen LogP contribution in [0.3, 0.4) is 0 Å². The van der Waals surface area contributed by atoms with E-state index in [0.717, 1.165) is 38.5 Å². The molecule has 3 unspecified atom stereocenters. The SMILES string of the molecule is CCCCCCCCCCCCCCCCCC(=O)C(=O)C[N+](C)(C)P(=O)(O)OCC(O)C(O)C(=O)CCCCCCCCCCCCCCCCC. The maximum atomic E-state index is 13.0. The predicted molar refractivity (Wildman–Crippen MR) is 219 cm³/mol. The molecule has 0 aromatic heterocycles. The van der Waals surface area contributed by atoms with Crippen LogP contribution in [0, 0.1) is 0 Å². The summed E-state index contributed by atoms with van der Waals surface area (Å²) >= 11 is 0. The molecule has 0 saturated heterocycles. The quantitative estimate of drug-likeness (QED) is 0.0317. The van der Waals surface area contributed by atoms with Crippen molar-refractivity contribution in [3.63, 3.8) is 0 Å². The van der Waals surface area contributed by atoms with Gasteiger partial charge in [-0.2, -0.15) is 0 Å². The van der Waals surface area contributed by atoms with Crippen molar-refractivity contribution in [3.05, 3.63) is 0 Å². The highest BCUT2D eigenvalue weighted by Crippen LogP contribution is 2.50. The highest BCUT2D eigenvalue weighted by molar-refractivity contribution is 7.46. The number of aliphatic hydroxyl groups is 2. The molecule has 0 rings (SSSR count). The third-order valence-corrected chi connectivity index (χ3v) is 12.7. The lowest BCUT2D eigenvalue weighted by atomic mass is 10.0. The minimum atomic E-state index is -4.55. The molecule has 0 amide bonds. The first kappa shape index (κ1) is 52.0. The number of nitrogens with zero attached hydrogens (tertiary/aromatic N) is 1. The first-order chi connectivity index (χ1) is 25.4. The van der Waals surface area contributed by atoms with Gasteiger partial charge < -0.3 is 10.2 Å². The van der Waals surface area contributed by atoms with Gasteiger partial charge >= 0.3 is 7.75 Å². The average Bonchev–Trinajstić information content (AvgIpc) is 3.12. The summed E-state index contributed by atoms with van der Waals surface area (Å²) in [5.41, 5.74) is 0. The highest BCUT2D eigenvalue weighted by Gasteiger charge is 2.45.